The van der Waals surface area contributed by atoms with Crippen molar-refractivity contribution in [2.45, 2.75) is 20.3 Å². The first-order valence-corrected chi connectivity index (χ1v) is 7.03. The van der Waals surface area contributed by atoms with E-state index in [2.05, 4.69) is 23.8 Å². The average Bonchev–Trinajstić information content (AvgIpc) is 2.35. The summed E-state index contributed by atoms with van der Waals surface area (Å²) in [7, 11) is 3.57. The first-order chi connectivity index (χ1) is 9.79. The third kappa shape index (κ3) is 3.14. The fourth-order valence-corrected chi connectivity index (χ4v) is 2.88. The van der Waals surface area contributed by atoms with Gasteiger partial charge in [-0.05, 0) is 18.3 Å². The molecule has 2 rings (SSSR count). The van der Waals surface area contributed by atoms with Gasteiger partial charge in [-0.1, -0.05) is 13.8 Å². The van der Waals surface area contributed by atoms with Gasteiger partial charge in [0.2, 0.25) is 17.6 Å². The monoisotopic (exact) mass is 294 g/mol. The van der Waals surface area contributed by atoms with Crippen molar-refractivity contribution in [3.63, 3.8) is 0 Å². The van der Waals surface area contributed by atoms with Crippen LogP contribution in [0.15, 0.2) is 0 Å². The van der Waals surface area contributed by atoms with Crippen LogP contribution < -0.4 is 15.5 Å². The van der Waals surface area contributed by atoms with E-state index in [0.717, 1.165) is 19.5 Å². The lowest BCUT2D eigenvalue weighted by Crippen LogP contribution is -2.39. The van der Waals surface area contributed by atoms with Crippen molar-refractivity contribution in [2.75, 3.05) is 42.7 Å². The fourth-order valence-electron chi connectivity index (χ4n) is 2.88. The molecule has 1 aromatic rings. The SMILES string of the molecule is CC1CC(C)CN(c2nc(N(C)C)nc(N)c2[N+](=O)[O-])C1. The number of hydrogen-bond acceptors (Lipinski definition) is 7. The number of nitrogen functional groups attached to an aromatic ring is 1. The molecule has 8 heteroatoms. The van der Waals surface area contributed by atoms with Gasteiger partial charge in [0, 0.05) is 27.2 Å². The quantitative estimate of drug-likeness (QED) is 0.666. The smallest absolute Gasteiger partial charge is 0.353 e. The number of nitrogens with zero attached hydrogens (tertiary/aromatic N) is 5. The van der Waals surface area contributed by atoms with Crippen LogP contribution in [-0.2, 0) is 0 Å². The van der Waals surface area contributed by atoms with Gasteiger partial charge in [-0.2, -0.15) is 9.97 Å². The van der Waals surface area contributed by atoms with E-state index in [1.165, 1.54) is 0 Å². The summed E-state index contributed by atoms with van der Waals surface area (Å²) in [4.78, 5) is 22.9. The Morgan fingerprint density at radius 1 is 1.29 bits per heavy atom. The summed E-state index contributed by atoms with van der Waals surface area (Å²) in [6.45, 7) is 5.78. The van der Waals surface area contributed by atoms with Crippen molar-refractivity contribution < 1.29 is 4.92 Å². The molecular formula is C13H22N6O2. The first-order valence-electron chi connectivity index (χ1n) is 7.03. The van der Waals surface area contributed by atoms with Crippen LogP contribution in [0, 0.1) is 22.0 Å². The number of hydrogen-bond donors (Lipinski definition) is 1. The zero-order valence-corrected chi connectivity index (χ0v) is 12.9. The van der Waals surface area contributed by atoms with E-state index in [4.69, 9.17) is 5.73 Å². The van der Waals surface area contributed by atoms with Gasteiger partial charge in [-0.15, -0.1) is 0 Å². The molecule has 2 N–H and O–H groups in total. The van der Waals surface area contributed by atoms with Crippen LogP contribution in [0.3, 0.4) is 0 Å². The van der Waals surface area contributed by atoms with E-state index in [1.54, 1.807) is 19.0 Å². The van der Waals surface area contributed by atoms with Crippen molar-refractivity contribution in [3.8, 4) is 0 Å². The third-order valence-electron chi connectivity index (χ3n) is 3.63. The summed E-state index contributed by atoms with van der Waals surface area (Å²) >= 11 is 0. The molecule has 2 atom stereocenters. The van der Waals surface area contributed by atoms with Crippen LogP contribution in [0.4, 0.5) is 23.3 Å². The van der Waals surface area contributed by atoms with Gasteiger partial charge in [0.05, 0.1) is 4.92 Å². The lowest BCUT2D eigenvalue weighted by molar-refractivity contribution is -0.383. The molecule has 0 saturated carbocycles. The lowest BCUT2D eigenvalue weighted by atomic mass is 9.92. The summed E-state index contributed by atoms with van der Waals surface area (Å²) in [5.74, 6) is 1.56. The molecule has 0 aromatic carbocycles. The minimum Gasteiger partial charge on any atom is -0.378 e. The third-order valence-corrected chi connectivity index (χ3v) is 3.63. The molecule has 8 nitrogen and oxygen atoms in total. The van der Waals surface area contributed by atoms with Gasteiger partial charge in [0.1, 0.15) is 0 Å². The van der Waals surface area contributed by atoms with E-state index >= 15 is 0 Å². The summed E-state index contributed by atoms with van der Waals surface area (Å²) < 4.78 is 0. The van der Waals surface area contributed by atoms with E-state index < -0.39 is 4.92 Å². The van der Waals surface area contributed by atoms with Crippen molar-refractivity contribution in [2.24, 2.45) is 11.8 Å². The highest BCUT2D eigenvalue weighted by Crippen LogP contribution is 2.35. The number of anilines is 3. The Kier molecular flexibility index (Phi) is 4.15. The second-order valence-electron chi connectivity index (χ2n) is 6.08. The van der Waals surface area contributed by atoms with E-state index in [-0.39, 0.29) is 11.5 Å². The molecule has 1 aliphatic heterocycles. The Labute approximate surface area is 124 Å². The van der Waals surface area contributed by atoms with Gasteiger partial charge >= 0.3 is 5.69 Å². The predicted octanol–water partition coefficient (Wildman–Crippen LogP) is 1.52. The zero-order valence-electron chi connectivity index (χ0n) is 12.9. The van der Waals surface area contributed by atoms with Crippen molar-refractivity contribution in [1.82, 2.24) is 9.97 Å². The minimum atomic E-state index is -0.492. The summed E-state index contributed by atoms with van der Waals surface area (Å²) in [6.07, 6.45) is 1.12. The van der Waals surface area contributed by atoms with Gasteiger partial charge in [0.25, 0.3) is 0 Å². The van der Waals surface area contributed by atoms with E-state index in [1.807, 2.05) is 4.90 Å². The minimum absolute atomic E-state index is 0.0837. The molecule has 0 aliphatic carbocycles. The standard InChI is InChI=1S/C13H22N6O2/c1-8-5-9(2)7-18(6-8)12-10(19(20)21)11(14)15-13(16-12)17(3)4/h8-9H,5-7H2,1-4H3,(H2,14,15,16). The van der Waals surface area contributed by atoms with Crippen LogP contribution in [-0.4, -0.2) is 42.1 Å². The molecule has 21 heavy (non-hydrogen) atoms. The van der Waals surface area contributed by atoms with Crippen LogP contribution >= 0.6 is 0 Å². The highest BCUT2D eigenvalue weighted by molar-refractivity contribution is 5.71. The number of piperidine rings is 1. The van der Waals surface area contributed by atoms with Crippen LogP contribution in [0.2, 0.25) is 0 Å². The predicted molar refractivity (Wildman–Crippen MR) is 82.6 cm³/mol. The highest BCUT2D eigenvalue weighted by Gasteiger charge is 2.31. The number of nitro groups is 1. The summed E-state index contributed by atoms with van der Waals surface area (Å²) in [6, 6.07) is 0. The Morgan fingerprint density at radius 2 is 1.86 bits per heavy atom. The highest BCUT2D eigenvalue weighted by atomic mass is 16.6. The van der Waals surface area contributed by atoms with E-state index in [0.29, 0.717) is 23.6 Å². The average molecular weight is 294 g/mol. The van der Waals surface area contributed by atoms with E-state index in [9.17, 15) is 10.1 Å². The fraction of sp³-hybridized carbons (Fsp3) is 0.692. The number of rotatable bonds is 3. The molecule has 1 saturated heterocycles. The maximum absolute atomic E-state index is 11.3. The summed E-state index contributed by atoms with van der Waals surface area (Å²) in [5, 5.41) is 11.3. The van der Waals surface area contributed by atoms with Gasteiger partial charge in [0.15, 0.2) is 0 Å². The van der Waals surface area contributed by atoms with Crippen molar-refractivity contribution in [1.29, 1.82) is 0 Å². The maximum atomic E-state index is 11.3. The lowest BCUT2D eigenvalue weighted by Gasteiger charge is -2.35. The molecule has 116 valence electrons. The Bertz CT molecular complexity index is 538. The Morgan fingerprint density at radius 3 is 2.33 bits per heavy atom. The molecule has 0 bridgehead atoms. The molecule has 0 radical (unpaired) electrons. The molecule has 0 amide bonds. The summed E-state index contributed by atoms with van der Waals surface area (Å²) in [5.41, 5.74) is 5.60. The Balaban J connectivity index is 2.51. The number of aromatic nitrogens is 2. The van der Waals surface area contributed by atoms with Crippen LogP contribution in [0.25, 0.3) is 0 Å². The molecular weight excluding hydrogens is 272 g/mol. The second kappa shape index (κ2) is 5.71. The topological polar surface area (TPSA) is 101 Å². The zero-order chi connectivity index (χ0) is 15.7. The largest absolute Gasteiger partial charge is 0.378 e. The molecule has 2 unspecified atom stereocenters. The van der Waals surface area contributed by atoms with Gasteiger partial charge in [-0.3, -0.25) is 10.1 Å². The molecule has 1 aromatic heterocycles. The Hall–Kier alpha value is -2.12. The van der Waals surface area contributed by atoms with Gasteiger partial charge in [-0.25, -0.2) is 0 Å². The van der Waals surface area contributed by atoms with Gasteiger partial charge < -0.3 is 15.5 Å². The van der Waals surface area contributed by atoms with Crippen molar-refractivity contribution in [3.05, 3.63) is 10.1 Å². The molecule has 1 fully saturated rings. The van der Waals surface area contributed by atoms with Crippen LogP contribution in [0.1, 0.15) is 20.3 Å². The molecule has 0 spiro atoms. The molecule has 2 heterocycles. The second-order valence-corrected chi connectivity index (χ2v) is 6.08. The normalized spacial score (nSPS) is 22.2. The van der Waals surface area contributed by atoms with Crippen molar-refractivity contribution >= 4 is 23.3 Å². The maximum Gasteiger partial charge on any atom is 0.353 e. The van der Waals surface area contributed by atoms with Crippen LogP contribution in [0.5, 0.6) is 0 Å². The number of nitrogens with two attached hydrogens (primary N) is 1. The molecule has 1 aliphatic rings. The first kappa shape index (κ1) is 15.3.